The van der Waals surface area contributed by atoms with Crippen LogP contribution in [0.15, 0.2) is 54.7 Å². The molecule has 8 heteroatoms. The van der Waals surface area contributed by atoms with Gasteiger partial charge in [0.25, 0.3) is 5.91 Å². The first-order valence-corrected chi connectivity index (χ1v) is 10.00. The summed E-state index contributed by atoms with van der Waals surface area (Å²) in [6, 6.07) is 15.6. The number of nitrogens with zero attached hydrogens (tertiary/aromatic N) is 4. The van der Waals surface area contributed by atoms with Gasteiger partial charge >= 0.3 is 6.01 Å². The van der Waals surface area contributed by atoms with E-state index in [1.807, 2.05) is 30.5 Å². The zero-order valence-electron chi connectivity index (χ0n) is 17.7. The number of rotatable bonds is 7. The maximum Gasteiger partial charge on any atom is 0.304 e. The largest absolute Gasteiger partial charge is 0.468 e. The van der Waals surface area contributed by atoms with Crippen LogP contribution in [0.3, 0.4) is 0 Å². The summed E-state index contributed by atoms with van der Waals surface area (Å²) in [4.78, 5) is 25.7. The molecule has 2 heterocycles. The van der Waals surface area contributed by atoms with E-state index in [1.165, 1.54) is 7.11 Å². The summed E-state index contributed by atoms with van der Waals surface area (Å²) < 4.78 is 7.15. The van der Waals surface area contributed by atoms with E-state index in [0.717, 1.165) is 16.9 Å². The van der Waals surface area contributed by atoms with Crippen LogP contribution in [0.25, 0.3) is 17.0 Å². The van der Waals surface area contributed by atoms with Gasteiger partial charge in [-0.1, -0.05) is 50.2 Å². The van der Waals surface area contributed by atoms with Gasteiger partial charge in [-0.25, -0.2) is 9.55 Å². The lowest BCUT2D eigenvalue weighted by atomic mass is 10.1. The van der Waals surface area contributed by atoms with Crippen molar-refractivity contribution in [2.24, 2.45) is 5.73 Å². The number of methoxy groups -OCH3 is 1. The third-order valence-corrected chi connectivity index (χ3v) is 5.03. The molecule has 0 radical (unpaired) electrons. The normalized spacial score (nSPS) is 11.1. The predicted octanol–water partition coefficient (Wildman–Crippen LogP) is 3.66. The Hall–Kier alpha value is -3.94. The number of carbonyl (C=O) groups excluding carboxylic acids is 1. The van der Waals surface area contributed by atoms with Gasteiger partial charge in [0.2, 0.25) is 5.95 Å². The van der Waals surface area contributed by atoms with Gasteiger partial charge in [-0.05, 0) is 23.6 Å². The van der Waals surface area contributed by atoms with E-state index in [0.29, 0.717) is 29.1 Å². The van der Waals surface area contributed by atoms with Crippen LogP contribution >= 0.6 is 0 Å². The second kappa shape index (κ2) is 8.43. The topological polar surface area (TPSA) is 108 Å². The third kappa shape index (κ3) is 3.92. The Kier molecular flexibility index (Phi) is 5.53. The van der Waals surface area contributed by atoms with Gasteiger partial charge < -0.3 is 15.8 Å². The minimum atomic E-state index is -0.556. The zero-order valence-corrected chi connectivity index (χ0v) is 17.7. The number of amides is 1. The predicted molar refractivity (Wildman–Crippen MR) is 120 cm³/mol. The highest BCUT2D eigenvalue weighted by Gasteiger charge is 2.20. The molecule has 0 aliphatic carbocycles. The van der Waals surface area contributed by atoms with Crippen LogP contribution in [0.4, 0.5) is 5.82 Å². The van der Waals surface area contributed by atoms with Crippen LogP contribution in [0.5, 0.6) is 6.01 Å². The van der Waals surface area contributed by atoms with E-state index in [1.54, 1.807) is 16.7 Å². The van der Waals surface area contributed by atoms with Crippen molar-refractivity contribution < 1.29 is 9.53 Å². The molecule has 0 spiro atoms. The molecule has 8 nitrogen and oxygen atoms in total. The second-order valence-corrected chi connectivity index (χ2v) is 7.44. The Morgan fingerprint density at radius 2 is 1.90 bits per heavy atom. The molecule has 0 atom stereocenters. The van der Waals surface area contributed by atoms with Crippen LogP contribution in [0, 0.1) is 0 Å². The van der Waals surface area contributed by atoms with E-state index >= 15 is 0 Å². The molecular formula is C23H24N6O2. The van der Waals surface area contributed by atoms with Crippen molar-refractivity contribution in [1.82, 2.24) is 19.5 Å². The van der Waals surface area contributed by atoms with Gasteiger partial charge in [0, 0.05) is 18.3 Å². The number of benzene rings is 2. The van der Waals surface area contributed by atoms with E-state index < -0.39 is 5.91 Å². The molecule has 0 bridgehead atoms. The number of nitrogens with two attached hydrogens (primary N) is 1. The van der Waals surface area contributed by atoms with Crippen LogP contribution in [0.2, 0.25) is 0 Å². The van der Waals surface area contributed by atoms with Gasteiger partial charge in [-0.2, -0.15) is 9.97 Å². The number of fused-ring (bicyclic) bond motifs is 1. The smallest absolute Gasteiger partial charge is 0.304 e. The molecule has 4 aromatic rings. The molecule has 31 heavy (non-hydrogen) atoms. The third-order valence-electron chi connectivity index (χ3n) is 5.03. The summed E-state index contributed by atoms with van der Waals surface area (Å²) in [5.74, 6) is 0.800. The van der Waals surface area contributed by atoms with Crippen molar-refractivity contribution in [2.75, 3.05) is 12.4 Å². The summed E-state index contributed by atoms with van der Waals surface area (Å²) in [6.45, 7) is 4.82. The van der Waals surface area contributed by atoms with Gasteiger partial charge in [0.05, 0.1) is 18.2 Å². The fourth-order valence-corrected chi connectivity index (χ4v) is 3.44. The van der Waals surface area contributed by atoms with Crippen molar-refractivity contribution in [2.45, 2.75) is 26.3 Å². The lowest BCUT2D eigenvalue weighted by Gasteiger charge is -2.15. The summed E-state index contributed by atoms with van der Waals surface area (Å²) in [5, 5.41) is 3.43. The molecule has 0 aliphatic heterocycles. The Balaban J connectivity index is 1.82. The number of anilines is 1. The number of nitrogens with one attached hydrogen (secondary N) is 1. The molecule has 2 aromatic carbocycles. The molecule has 0 aliphatic rings. The highest BCUT2D eigenvalue weighted by Crippen LogP contribution is 2.29. The van der Waals surface area contributed by atoms with Crippen molar-refractivity contribution in [3.05, 3.63) is 71.4 Å². The van der Waals surface area contributed by atoms with Crippen LogP contribution in [0.1, 0.15) is 41.3 Å². The van der Waals surface area contributed by atoms with Crippen LogP contribution < -0.4 is 15.8 Å². The highest BCUT2D eigenvalue weighted by atomic mass is 16.5. The number of imidazole rings is 1. The number of hydrogen-bond donors (Lipinski definition) is 2. The first-order chi connectivity index (χ1) is 15.0. The standard InChI is InChI=1S/C23H24N6O2/c1-14(2)17-13-26-22(28-21(17)25-12-15-8-5-4-6-9-15)29-18-11-7-10-16(20(24)30)19(18)27-23(29)31-3/h4-11,13-14H,12H2,1-3H3,(H2,24,30)(H,25,26,28). The van der Waals surface area contributed by atoms with E-state index in [9.17, 15) is 4.79 Å². The molecule has 2 aromatic heterocycles. The van der Waals surface area contributed by atoms with Gasteiger partial charge in [-0.3, -0.25) is 4.79 Å². The van der Waals surface area contributed by atoms with E-state index in [4.69, 9.17) is 15.5 Å². The number of para-hydroxylation sites is 1. The Morgan fingerprint density at radius 1 is 1.13 bits per heavy atom. The summed E-state index contributed by atoms with van der Waals surface area (Å²) in [6.07, 6.45) is 1.81. The molecule has 0 unspecified atom stereocenters. The first-order valence-electron chi connectivity index (χ1n) is 10.00. The molecule has 1 amide bonds. The number of aromatic nitrogens is 4. The highest BCUT2D eigenvalue weighted by molar-refractivity contribution is 6.04. The van der Waals surface area contributed by atoms with Gasteiger partial charge in [-0.15, -0.1) is 0 Å². The maximum atomic E-state index is 11.8. The number of primary amides is 1. The molecular weight excluding hydrogens is 392 g/mol. The lowest BCUT2D eigenvalue weighted by molar-refractivity contribution is 0.100. The number of hydrogen-bond acceptors (Lipinski definition) is 6. The van der Waals surface area contributed by atoms with Crippen LogP contribution in [-0.2, 0) is 6.54 Å². The zero-order chi connectivity index (χ0) is 22.0. The van der Waals surface area contributed by atoms with Crippen LogP contribution in [-0.4, -0.2) is 32.5 Å². The molecule has 0 fully saturated rings. The number of carbonyl (C=O) groups is 1. The molecule has 4 rings (SSSR count). The fraction of sp³-hybridized carbons (Fsp3) is 0.217. The van der Waals surface area contributed by atoms with Crippen molar-refractivity contribution in [1.29, 1.82) is 0 Å². The monoisotopic (exact) mass is 416 g/mol. The fourth-order valence-electron chi connectivity index (χ4n) is 3.44. The molecule has 0 saturated carbocycles. The summed E-state index contributed by atoms with van der Waals surface area (Å²) in [7, 11) is 1.51. The molecule has 158 valence electrons. The molecule has 3 N–H and O–H groups in total. The lowest BCUT2D eigenvalue weighted by Crippen LogP contribution is -2.12. The van der Waals surface area contributed by atoms with Crippen molar-refractivity contribution in [3.63, 3.8) is 0 Å². The van der Waals surface area contributed by atoms with Crippen molar-refractivity contribution in [3.8, 4) is 12.0 Å². The van der Waals surface area contributed by atoms with Crippen molar-refractivity contribution >= 4 is 22.8 Å². The average Bonchev–Trinajstić information content (AvgIpc) is 3.16. The number of ether oxygens (including phenoxy) is 1. The SMILES string of the molecule is COc1nc2c(C(N)=O)cccc2n1-c1ncc(C(C)C)c(NCc2ccccc2)n1. The van der Waals surface area contributed by atoms with Gasteiger partial charge in [0.1, 0.15) is 11.3 Å². The van der Waals surface area contributed by atoms with E-state index in [-0.39, 0.29) is 11.9 Å². The second-order valence-electron chi connectivity index (χ2n) is 7.44. The van der Waals surface area contributed by atoms with E-state index in [2.05, 4.69) is 41.3 Å². The summed E-state index contributed by atoms with van der Waals surface area (Å²) >= 11 is 0. The minimum absolute atomic E-state index is 0.232. The average molecular weight is 416 g/mol. The Labute approximate surface area is 180 Å². The Morgan fingerprint density at radius 3 is 2.58 bits per heavy atom. The first kappa shape index (κ1) is 20.3. The maximum absolute atomic E-state index is 11.8. The minimum Gasteiger partial charge on any atom is -0.468 e. The summed E-state index contributed by atoms with van der Waals surface area (Å²) in [5.41, 5.74) is 9.07. The quantitative estimate of drug-likeness (QED) is 0.476. The molecule has 0 saturated heterocycles. The van der Waals surface area contributed by atoms with Gasteiger partial charge in [0.15, 0.2) is 0 Å². The Bertz CT molecular complexity index is 1230.